The number of guanidine groups is 1. The lowest BCUT2D eigenvalue weighted by molar-refractivity contribution is 0.270. The highest BCUT2D eigenvalue weighted by atomic mass is 127. The molecule has 0 aliphatic carbocycles. The molecule has 2 N–H and O–H groups in total. The third-order valence-electron chi connectivity index (χ3n) is 5.40. The highest BCUT2D eigenvalue weighted by molar-refractivity contribution is 14.0. The van der Waals surface area contributed by atoms with Crippen molar-refractivity contribution in [2.75, 3.05) is 44.7 Å². The average Bonchev–Trinajstić information content (AvgIpc) is 3.17. The summed E-state index contributed by atoms with van der Waals surface area (Å²) in [4.78, 5) is 8.77. The molecule has 0 amide bonds. The van der Waals surface area contributed by atoms with Gasteiger partial charge in [-0.2, -0.15) is 0 Å². The fourth-order valence-corrected chi connectivity index (χ4v) is 3.56. The zero-order valence-corrected chi connectivity index (χ0v) is 20.6. The summed E-state index contributed by atoms with van der Waals surface area (Å²) in [5.74, 6) is 2.20. The molecule has 30 heavy (non-hydrogen) atoms. The van der Waals surface area contributed by atoms with Gasteiger partial charge in [0.2, 0.25) is 0 Å². The normalized spacial score (nSPS) is 16.2. The number of rotatable bonds is 6. The number of benzene rings is 1. The van der Waals surface area contributed by atoms with E-state index in [2.05, 4.69) is 32.3 Å². The van der Waals surface area contributed by atoms with E-state index in [1.54, 1.807) is 13.1 Å². The van der Waals surface area contributed by atoms with Crippen LogP contribution in [0.15, 0.2) is 39.7 Å². The first-order chi connectivity index (χ1) is 14.0. The number of furan rings is 1. The molecule has 1 aliphatic heterocycles. The van der Waals surface area contributed by atoms with Crippen LogP contribution in [-0.4, -0.2) is 50.6 Å². The second kappa shape index (κ2) is 11.5. The summed E-state index contributed by atoms with van der Waals surface area (Å²) in [6, 6.07) is 9.35. The Hall–Kier alpha value is -1.81. The van der Waals surface area contributed by atoms with Crippen molar-refractivity contribution < 1.29 is 8.81 Å². The number of aryl methyl sites for hydroxylation is 1. The smallest absolute Gasteiger partial charge is 0.191 e. The third kappa shape index (κ3) is 6.34. The Kier molecular flexibility index (Phi) is 9.41. The van der Waals surface area contributed by atoms with Crippen LogP contribution in [0.25, 0.3) is 0 Å². The van der Waals surface area contributed by atoms with Crippen LogP contribution < -0.4 is 15.5 Å². The van der Waals surface area contributed by atoms with Crippen molar-refractivity contribution in [2.24, 2.45) is 4.99 Å². The van der Waals surface area contributed by atoms with Crippen LogP contribution in [0.4, 0.5) is 10.1 Å². The summed E-state index contributed by atoms with van der Waals surface area (Å²) in [7, 11) is 1.72. The molecule has 8 heteroatoms. The zero-order chi connectivity index (χ0) is 20.8. The second-order valence-electron chi connectivity index (χ2n) is 7.45. The summed E-state index contributed by atoms with van der Waals surface area (Å²) < 4.78 is 20.4. The van der Waals surface area contributed by atoms with Gasteiger partial charge in [-0.15, -0.1) is 24.0 Å². The minimum Gasteiger partial charge on any atom is -0.464 e. The highest BCUT2D eigenvalue weighted by Gasteiger charge is 2.18. The number of aliphatic imine (C=N–C) groups is 1. The Morgan fingerprint density at radius 1 is 1.20 bits per heavy atom. The molecule has 1 saturated heterocycles. The topological polar surface area (TPSA) is 56.0 Å². The summed E-state index contributed by atoms with van der Waals surface area (Å²) >= 11 is 0. The first-order valence-corrected chi connectivity index (χ1v) is 10.3. The lowest BCUT2D eigenvalue weighted by Gasteiger charge is -2.35. The quantitative estimate of drug-likeness (QED) is 0.338. The van der Waals surface area contributed by atoms with Gasteiger partial charge in [-0.3, -0.25) is 4.99 Å². The predicted octanol–water partition coefficient (Wildman–Crippen LogP) is 3.91. The Bertz CT molecular complexity index is 833. The number of nitrogens with one attached hydrogen (secondary N) is 2. The molecule has 6 nitrogen and oxygen atoms in total. The van der Waals surface area contributed by atoms with Gasteiger partial charge >= 0.3 is 0 Å². The van der Waals surface area contributed by atoms with Crippen molar-refractivity contribution in [3.05, 3.63) is 53.2 Å². The Morgan fingerprint density at radius 2 is 1.93 bits per heavy atom. The molecule has 0 spiro atoms. The van der Waals surface area contributed by atoms with Gasteiger partial charge in [-0.25, -0.2) is 4.39 Å². The molecular weight excluding hydrogens is 496 g/mol. The summed E-state index contributed by atoms with van der Waals surface area (Å²) in [6.45, 7) is 11.3. The molecule has 0 saturated carbocycles. The number of nitrogens with zero attached hydrogens (tertiary/aromatic N) is 3. The van der Waals surface area contributed by atoms with Crippen molar-refractivity contribution >= 4 is 35.6 Å². The lowest BCUT2D eigenvalue weighted by atomic mass is 10.1. The van der Waals surface area contributed by atoms with Gasteiger partial charge in [0.05, 0.1) is 11.7 Å². The summed E-state index contributed by atoms with van der Waals surface area (Å²) in [5, 5.41) is 6.54. The van der Waals surface area contributed by atoms with Gasteiger partial charge in [0.15, 0.2) is 5.96 Å². The molecule has 1 aliphatic rings. The molecule has 3 rings (SSSR count). The molecule has 1 unspecified atom stereocenters. The minimum absolute atomic E-state index is 0. The van der Waals surface area contributed by atoms with Crippen LogP contribution in [0.5, 0.6) is 0 Å². The highest BCUT2D eigenvalue weighted by Crippen LogP contribution is 2.22. The van der Waals surface area contributed by atoms with E-state index in [1.165, 1.54) is 0 Å². The zero-order valence-electron chi connectivity index (χ0n) is 18.2. The van der Waals surface area contributed by atoms with Gasteiger partial charge in [0, 0.05) is 39.8 Å². The van der Waals surface area contributed by atoms with E-state index in [1.807, 2.05) is 38.1 Å². The van der Waals surface area contributed by atoms with Crippen molar-refractivity contribution in [2.45, 2.75) is 33.4 Å². The van der Waals surface area contributed by atoms with Crippen molar-refractivity contribution in [3.8, 4) is 0 Å². The fourth-order valence-electron chi connectivity index (χ4n) is 3.56. The maximum Gasteiger partial charge on any atom is 0.191 e. The summed E-state index contributed by atoms with van der Waals surface area (Å²) in [6.07, 6.45) is 0. The summed E-state index contributed by atoms with van der Waals surface area (Å²) in [5.41, 5.74) is 1.57. The monoisotopic (exact) mass is 529 g/mol. The number of likely N-dealkylation sites (N-methyl/N-ethyl adjacent to an activating group) is 1. The van der Waals surface area contributed by atoms with Gasteiger partial charge < -0.3 is 24.9 Å². The average molecular weight is 529 g/mol. The van der Waals surface area contributed by atoms with Gasteiger partial charge in [-0.05, 0) is 50.2 Å². The van der Waals surface area contributed by atoms with E-state index in [0.29, 0.717) is 18.2 Å². The van der Waals surface area contributed by atoms with Crippen LogP contribution in [0.3, 0.4) is 0 Å². The molecule has 1 aromatic heterocycles. The van der Waals surface area contributed by atoms with E-state index >= 15 is 0 Å². The minimum atomic E-state index is -0.170. The Morgan fingerprint density at radius 3 is 2.50 bits per heavy atom. The molecule has 2 aromatic rings. The van der Waals surface area contributed by atoms with Crippen LogP contribution in [-0.2, 0) is 6.54 Å². The standard InChI is InChI=1S/C22H32FN5O.HI/c1-5-27-10-12-28(13-11-27)20-8-7-18(14-19(20)23)15-25-22(24-4)26-17(3)21-9-6-16(2)29-21;/h6-9,14,17H,5,10-13,15H2,1-4H3,(H2,24,25,26);1H. The van der Waals surface area contributed by atoms with E-state index in [0.717, 1.165) is 49.8 Å². The molecule has 1 fully saturated rings. The predicted molar refractivity (Wildman–Crippen MR) is 131 cm³/mol. The first kappa shape index (κ1) is 24.5. The van der Waals surface area contributed by atoms with E-state index in [-0.39, 0.29) is 35.8 Å². The molecule has 2 heterocycles. The van der Waals surface area contributed by atoms with Gasteiger partial charge in [-0.1, -0.05) is 13.0 Å². The number of piperazine rings is 1. The van der Waals surface area contributed by atoms with Crippen LogP contribution >= 0.6 is 24.0 Å². The number of hydrogen-bond donors (Lipinski definition) is 2. The fraction of sp³-hybridized carbons (Fsp3) is 0.500. The van der Waals surface area contributed by atoms with E-state index < -0.39 is 0 Å². The van der Waals surface area contributed by atoms with Crippen molar-refractivity contribution in [1.29, 1.82) is 0 Å². The van der Waals surface area contributed by atoms with Crippen molar-refractivity contribution in [3.63, 3.8) is 0 Å². The Labute approximate surface area is 195 Å². The van der Waals surface area contributed by atoms with Crippen LogP contribution in [0, 0.1) is 12.7 Å². The van der Waals surface area contributed by atoms with Gasteiger partial charge in [0.1, 0.15) is 17.3 Å². The molecule has 166 valence electrons. The van der Waals surface area contributed by atoms with E-state index in [4.69, 9.17) is 4.42 Å². The van der Waals surface area contributed by atoms with Crippen LogP contribution in [0.1, 0.15) is 37.0 Å². The lowest BCUT2D eigenvalue weighted by Crippen LogP contribution is -2.46. The molecule has 0 radical (unpaired) electrons. The molecule has 0 bridgehead atoms. The SMILES string of the molecule is CCN1CCN(c2ccc(CNC(=NC)NC(C)c3ccc(C)o3)cc2F)CC1.I. The number of hydrogen-bond acceptors (Lipinski definition) is 4. The molecule has 1 atom stereocenters. The number of halogens is 2. The maximum absolute atomic E-state index is 14.7. The van der Waals surface area contributed by atoms with E-state index in [9.17, 15) is 4.39 Å². The second-order valence-corrected chi connectivity index (χ2v) is 7.45. The largest absolute Gasteiger partial charge is 0.464 e. The van der Waals surface area contributed by atoms with Crippen molar-refractivity contribution in [1.82, 2.24) is 15.5 Å². The third-order valence-corrected chi connectivity index (χ3v) is 5.40. The molecule has 1 aromatic carbocycles. The first-order valence-electron chi connectivity index (χ1n) is 10.3. The maximum atomic E-state index is 14.7. The Balaban J connectivity index is 0.00000320. The number of anilines is 1. The van der Waals surface area contributed by atoms with Crippen LogP contribution in [0.2, 0.25) is 0 Å². The molecular formula is C22H33FIN5O. The van der Waals surface area contributed by atoms with Gasteiger partial charge in [0.25, 0.3) is 0 Å².